The molecule has 0 bridgehead atoms. The summed E-state index contributed by atoms with van der Waals surface area (Å²) in [5.41, 5.74) is 10.8. The van der Waals surface area contributed by atoms with Gasteiger partial charge in [-0.2, -0.15) is 10.4 Å². The molecule has 0 radical (unpaired) electrons. The molecule has 3 aromatic heterocycles. The number of aromatic nitrogens is 4. The number of ether oxygens (including phenoxy) is 2. The standard InChI is InChI=1S/C25H21N7O2/c1-3-33-23-11-21-19(10-20(23)27)25(16(12-26)13-28-21)31-17-4-5-22(15(2)8-17)34-18-6-7-32-24(9-18)29-14-30-32/h4-11,13-14H,3,27H2,1-2H3,(H,28,31). The van der Waals surface area contributed by atoms with Gasteiger partial charge in [-0.1, -0.05) is 0 Å². The molecule has 34 heavy (non-hydrogen) atoms. The van der Waals surface area contributed by atoms with Gasteiger partial charge in [0, 0.05) is 35.6 Å². The van der Waals surface area contributed by atoms with Gasteiger partial charge in [0.15, 0.2) is 5.65 Å². The quantitative estimate of drug-likeness (QED) is 0.347. The summed E-state index contributed by atoms with van der Waals surface area (Å²) in [5, 5.41) is 17.9. The number of nitrogens with two attached hydrogens (primary N) is 1. The number of fused-ring (bicyclic) bond motifs is 2. The van der Waals surface area contributed by atoms with Gasteiger partial charge in [0.2, 0.25) is 0 Å². The van der Waals surface area contributed by atoms with E-state index >= 15 is 0 Å². The molecule has 3 heterocycles. The van der Waals surface area contributed by atoms with E-state index in [1.165, 1.54) is 6.33 Å². The highest BCUT2D eigenvalue weighted by Gasteiger charge is 2.14. The number of hydrogen-bond donors (Lipinski definition) is 2. The van der Waals surface area contributed by atoms with Crippen LogP contribution in [0.15, 0.2) is 61.2 Å². The molecule has 5 aromatic rings. The summed E-state index contributed by atoms with van der Waals surface area (Å²) >= 11 is 0. The normalized spacial score (nSPS) is 10.9. The lowest BCUT2D eigenvalue weighted by atomic mass is 10.1. The Balaban J connectivity index is 1.46. The molecule has 0 fully saturated rings. The zero-order chi connectivity index (χ0) is 23.7. The number of nitrogens with one attached hydrogen (secondary N) is 1. The first-order chi connectivity index (χ1) is 16.6. The monoisotopic (exact) mass is 451 g/mol. The number of aryl methyl sites for hydroxylation is 1. The van der Waals surface area contributed by atoms with Gasteiger partial charge in [0.05, 0.1) is 29.1 Å². The molecule has 3 N–H and O–H groups in total. The van der Waals surface area contributed by atoms with Crippen LogP contribution in [0.5, 0.6) is 17.2 Å². The fraction of sp³-hybridized carbons (Fsp3) is 0.120. The number of nitrogens with zero attached hydrogens (tertiary/aromatic N) is 5. The molecule has 9 nitrogen and oxygen atoms in total. The Morgan fingerprint density at radius 1 is 1.12 bits per heavy atom. The van der Waals surface area contributed by atoms with Gasteiger partial charge >= 0.3 is 0 Å². The number of hydrogen-bond acceptors (Lipinski definition) is 8. The third kappa shape index (κ3) is 3.89. The Morgan fingerprint density at radius 2 is 2.00 bits per heavy atom. The topological polar surface area (TPSA) is 123 Å². The second-order valence-electron chi connectivity index (χ2n) is 7.63. The van der Waals surface area contributed by atoms with Gasteiger partial charge in [0.25, 0.3) is 0 Å². The first-order valence-electron chi connectivity index (χ1n) is 10.7. The van der Waals surface area contributed by atoms with Crippen molar-refractivity contribution in [2.24, 2.45) is 0 Å². The molecular weight excluding hydrogens is 430 g/mol. The molecule has 0 spiro atoms. The lowest BCUT2D eigenvalue weighted by Crippen LogP contribution is -2.01. The maximum absolute atomic E-state index is 9.67. The molecule has 0 aliphatic carbocycles. The molecule has 2 aromatic carbocycles. The van der Waals surface area contributed by atoms with Gasteiger partial charge in [-0.25, -0.2) is 9.50 Å². The van der Waals surface area contributed by atoms with Crippen molar-refractivity contribution in [1.82, 2.24) is 19.6 Å². The highest BCUT2D eigenvalue weighted by atomic mass is 16.5. The van der Waals surface area contributed by atoms with E-state index < -0.39 is 0 Å². The van der Waals surface area contributed by atoms with Crippen molar-refractivity contribution in [2.45, 2.75) is 13.8 Å². The average Bonchev–Trinajstić information content (AvgIpc) is 3.30. The van der Waals surface area contributed by atoms with Gasteiger partial charge in [0.1, 0.15) is 29.6 Å². The first kappa shape index (κ1) is 21.0. The fourth-order valence-electron chi connectivity index (χ4n) is 3.71. The van der Waals surface area contributed by atoms with Crippen LogP contribution in [0.25, 0.3) is 16.6 Å². The number of nitriles is 1. The molecule has 0 aliphatic rings. The number of nitrogen functional groups attached to an aromatic ring is 1. The molecule has 0 unspecified atom stereocenters. The van der Waals surface area contributed by atoms with E-state index in [1.54, 1.807) is 29.0 Å². The number of pyridine rings is 2. The Kier molecular flexibility index (Phi) is 5.32. The predicted molar refractivity (Wildman–Crippen MR) is 130 cm³/mol. The van der Waals surface area contributed by atoms with E-state index in [2.05, 4.69) is 26.5 Å². The van der Waals surface area contributed by atoms with Crippen LogP contribution >= 0.6 is 0 Å². The van der Waals surface area contributed by atoms with E-state index in [0.717, 1.165) is 16.6 Å². The van der Waals surface area contributed by atoms with E-state index in [1.807, 2.05) is 44.2 Å². The zero-order valence-electron chi connectivity index (χ0n) is 18.6. The van der Waals surface area contributed by atoms with Crippen molar-refractivity contribution in [3.05, 3.63) is 72.3 Å². The molecule has 0 amide bonds. The molecule has 0 saturated heterocycles. The van der Waals surface area contributed by atoms with Gasteiger partial charge in [-0.05, 0) is 49.7 Å². The van der Waals surface area contributed by atoms with E-state index in [9.17, 15) is 5.26 Å². The van der Waals surface area contributed by atoms with E-state index in [4.69, 9.17) is 15.2 Å². The van der Waals surface area contributed by atoms with Crippen LogP contribution < -0.4 is 20.5 Å². The van der Waals surface area contributed by atoms with Gasteiger partial charge in [-0.15, -0.1) is 0 Å². The fourth-order valence-corrected chi connectivity index (χ4v) is 3.71. The van der Waals surface area contributed by atoms with E-state index in [-0.39, 0.29) is 0 Å². The minimum absolute atomic E-state index is 0.413. The van der Waals surface area contributed by atoms with Crippen LogP contribution in [-0.2, 0) is 0 Å². The van der Waals surface area contributed by atoms with Crippen molar-refractivity contribution >= 4 is 33.6 Å². The van der Waals surface area contributed by atoms with Crippen molar-refractivity contribution < 1.29 is 9.47 Å². The van der Waals surface area contributed by atoms with Crippen molar-refractivity contribution in [2.75, 3.05) is 17.7 Å². The summed E-state index contributed by atoms with van der Waals surface area (Å²) in [7, 11) is 0. The summed E-state index contributed by atoms with van der Waals surface area (Å²) in [6.07, 6.45) is 4.83. The summed E-state index contributed by atoms with van der Waals surface area (Å²) in [5.74, 6) is 1.94. The summed E-state index contributed by atoms with van der Waals surface area (Å²) in [4.78, 5) is 8.59. The Labute approximate surface area is 195 Å². The van der Waals surface area contributed by atoms with Crippen molar-refractivity contribution in [3.8, 4) is 23.3 Å². The summed E-state index contributed by atoms with van der Waals surface area (Å²) in [6, 6.07) is 15.1. The van der Waals surface area contributed by atoms with Crippen LogP contribution in [0.1, 0.15) is 18.1 Å². The Morgan fingerprint density at radius 3 is 2.79 bits per heavy atom. The largest absolute Gasteiger partial charge is 0.492 e. The molecule has 168 valence electrons. The highest BCUT2D eigenvalue weighted by Crippen LogP contribution is 2.36. The molecular formula is C25H21N7O2. The van der Waals surface area contributed by atoms with Crippen molar-refractivity contribution in [1.29, 1.82) is 5.26 Å². The SMILES string of the molecule is CCOc1cc2ncc(C#N)c(Nc3ccc(Oc4ccn5ncnc5c4)c(C)c3)c2cc1N. The number of anilines is 3. The molecule has 0 saturated carbocycles. The van der Waals surface area contributed by atoms with Crippen LogP contribution in [0.4, 0.5) is 17.1 Å². The smallest absolute Gasteiger partial charge is 0.158 e. The number of rotatable bonds is 6. The first-order valence-corrected chi connectivity index (χ1v) is 10.7. The lowest BCUT2D eigenvalue weighted by Gasteiger charge is -2.15. The molecule has 9 heteroatoms. The lowest BCUT2D eigenvalue weighted by molar-refractivity contribution is 0.342. The molecule has 5 rings (SSSR count). The van der Waals surface area contributed by atoms with Crippen LogP contribution in [0.3, 0.4) is 0 Å². The van der Waals surface area contributed by atoms with Gasteiger partial charge < -0.3 is 20.5 Å². The average molecular weight is 451 g/mol. The highest BCUT2D eigenvalue weighted by molar-refractivity contribution is 5.98. The summed E-state index contributed by atoms with van der Waals surface area (Å²) in [6.45, 7) is 4.35. The maximum Gasteiger partial charge on any atom is 0.158 e. The van der Waals surface area contributed by atoms with Crippen LogP contribution in [-0.4, -0.2) is 26.2 Å². The third-order valence-electron chi connectivity index (χ3n) is 5.34. The minimum Gasteiger partial charge on any atom is -0.492 e. The van der Waals surface area contributed by atoms with E-state index in [0.29, 0.717) is 52.0 Å². The van der Waals surface area contributed by atoms with Crippen LogP contribution in [0, 0.1) is 18.3 Å². The third-order valence-corrected chi connectivity index (χ3v) is 5.34. The van der Waals surface area contributed by atoms with Crippen molar-refractivity contribution in [3.63, 3.8) is 0 Å². The number of benzene rings is 2. The zero-order valence-corrected chi connectivity index (χ0v) is 18.6. The van der Waals surface area contributed by atoms with Gasteiger partial charge in [-0.3, -0.25) is 4.98 Å². The second-order valence-corrected chi connectivity index (χ2v) is 7.63. The molecule has 0 aliphatic heterocycles. The summed E-state index contributed by atoms with van der Waals surface area (Å²) < 4.78 is 13.3. The Hall–Kier alpha value is -4.84. The molecule has 0 atom stereocenters. The maximum atomic E-state index is 9.67. The van der Waals surface area contributed by atoms with Crippen LogP contribution in [0.2, 0.25) is 0 Å². The second kappa shape index (κ2) is 8.60. The Bertz CT molecular complexity index is 1570. The predicted octanol–water partition coefficient (Wildman–Crippen LogP) is 4.97. The minimum atomic E-state index is 0.413.